The number of anilines is 2. The van der Waals surface area contributed by atoms with Gasteiger partial charge in [-0.2, -0.15) is 0 Å². The van der Waals surface area contributed by atoms with E-state index in [1.54, 1.807) is 7.11 Å². The van der Waals surface area contributed by atoms with Crippen LogP contribution in [0.3, 0.4) is 0 Å². The third-order valence-corrected chi connectivity index (χ3v) is 3.28. The van der Waals surface area contributed by atoms with E-state index in [4.69, 9.17) is 15.2 Å². The molecule has 18 heavy (non-hydrogen) atoms. The molecular formula is C14H22N2O2. The van der Waals surface area contributed by atoms with E-state index >= 15 is 0 Å². The van der Waals surface area contributed by atoms with Gasteiger partial charge in [0.25, 0.3) is 0 Å². The Morgan fingerprint density at radius 3 is 2.94 bits per heavy atom. The molecule has 0 saturated carbocycles. The highest BCUT2D eigenvalue weighted by Gasteiger charge is 2.23. The van der Waals surface area contributed by atoms with Gasteiger partial charge in [0, 0.05) is 49.6 Å². The molecule has 100 valence electrons. The summed E-state index contributed by atoms with van der Waals surface area (Å²) in [6.45, 7) is 5.56. The summed E-state index contributed by atoms with van der Waals surface area (Å²) >= 11 is 0. The summed E-state index contributed by atoms with van der Waals surface area (Å²) in [5.41, 5.74) is 7.83. The second-order valence-electron chi connectivity index (χ2n) is 4.75. The Balaban J connectivity index is 2.08. The van der Waals surface area contributed by atoms with Gasteiger partial charge in [-0.05, 0) is 19.4 Å². The average Bonchev–Trinajstić information content (AvgIpc) is 2.78. The molecule has 1 atom stereocenters. The summed E-state index contributed by atoms with van der Waals surface area (Å²) in [5, 5.41) is 0. The highest BCUT2D eigenvalue weighted by Crippen LogP contribution is 2.29. The molecule has 2 N–H and O–H groups in total. The van der Waals surface area contributed by atoms with Gasteiger partial charge in [0.05, 0.1) is 13.2 Å². The zero-order valence-corrected chi connectivity index (χ0v) is 11.2. The third-order valence-electron chi connectivity index (χ3n) is 3.28. The molecule has 1 unspecified atom stereocenters. The quantitative estimate of drug-likeness (QED) is 0.813. The summed E-state index contributed by atoms with van der Waals surface area (Å²) in [7, 11) is 1.76. The molecule has 2 rings (SSSR count). The number of ether oxygens (including phenoxy) is 2. The van der Waals surface area contributed by atoms with Crippen LogP contribution in [-0.2, 0) is 4.74 Å². The predicted octanol–water partition coefficient (Wildman–Crippen LogP) is 2.14. The highest BCUT2D eigenvalue weighted by atomic mass is 16.5. The van der Waals surface area contributed by atoms with Gasteiger partial charge in [-0.25, -0.2) is 0 Å². The van der Waals surface area contributed by atoms with Crippen LogP contribution < -0.4 is 15.4 Å². The van der Waals surface area contributed by atoms with Crippen molar-refractivity contribution in [3.63, 3.8) is 0 Å². The Kier molecular flexibility index (Phi) is 4.31. The van der Waals surface area contributed by atoms with Gasteiger partial charge in [-0.15, -0.1) is 0 Å². The SMILES string of the molecule is CCOc1cc(N)cc(N2CCC(COC)C2)c1. The first-order chi connectivity index (χ1) is 8.72. The molecule has 1 fully saturated rings. The van der Waals surface area contributed by atoms with Crippen LogP contribution in [-0.4, -0.2) is 33.4 Å². The van der Waals surface area contributed by atoms with E-state index in [1.807, 2.05) is 19.1 Å². The zero-order valence-electron chi connectivity index (χ0n) is 11.2. The van der Waals surface area contributed by atoms with Gasteiger partial charge < -0.3 is 20.1 Å². The van der Waals surface area contributed by atoms with Crippen LogP contribution in [0.5, 0.6) is 5.75 Å². The van der Waals surface area contributed by atoms with Crippen molar-refractivity contribution in [3.8, 4) is 5.75 Å². The summed E-state index contributed by atoms with van der Waals surface area (Å²) in [4.78, 5) is 2.35. The molecule has 1 aromatic rings. The lowest BCUT2D eigenvalue weighted by atomic mass is 10.1. The minimum Gasteiger partial charge on any atom is -0.494 e. The van der Waals surface area contributed by atoms with Gasteiger partial charge in [0.1, 0.15) is 5.75 Å². The second kappa shape index (κ2) is 5.96. The smallest absolute Gasteiger partial charge is 0.123 e. The van der Waals surface area contributed by atoms with E-state index in [9.17, 15) is 0 Å². The lowest BCUT2D eigenvalue weighted by Gasteiger charge is -2.20. The van der Waals surface area contributed by atoms with E-state index < -0.39 is 0 Å². The van der Waals surface area contributed by atoms with Crippen molar-refractivity contribution < 1.29 is 9.47 Å². The summed E-state index contributed by atoms with van der Waals surface area (Å²) in [5.74, 6) is 1.47. The number of hydrogen-bond acceptors (Lipinski definition) is 4. The molecule has 0 amide bonds. The van der Waals surface area contributed by atoms with Crippen LogP contribution in [0, 0.1) is 5.92 Å². The van der Waals surface area contributed by atoms with Crippen molar-refractivity contribution >= 4 is 11.4 Å². The maximum atomic E-state index is 5.92. The number of nitrogens with two attached hydrogens (primary N) is 1. The van der Waals surface area contributed by atoms with Gasteiger partial charge in [0.15, 0.2) is 0 Å². The standard InChI is InChI=1S/C14H22N2O2/c1-3-18-14-7-12(15)6-13(8-14)16-5-4-11(9-16)10-17-2/h6-8,11H,3-5,9-10,15H2,1-2H3. The Morgan fingerprint density at radius 1 is 1.39 bits per heavy atom. The largest absolute Gasteiger partial charge is 0.494 e. The van der Waals surface area contributed by atoms with Gasteiger partial charge >= 0.3 is 0 Å². The molecule has 0 aliphatic carbocycles. The van der Waals surface area contributed by atoms with Crippen LogP contribution in [0.25, 0.3) is 0 Å². The lowest BCUT2D eigenvalue weighted by Crippen LogP contribution is -2.21. The average molecular weight is 250 g/mol. The molecule has 1 aliphatic rings. The fourth-order valence-electron chi connectivity index (χ4n) is 2.48. The van der Waals surface area contributed by atoms with E-state index in [-0.39, 0.29) is 0 Å². The molecule has 4 heteroatoms. The van der Waals surface area contributed by atoms with Crippen molar-refractivity contribution in [1.82, 2.24) is 0 Å². The zero-order chi connectivity index (χ0) is 13.0. The first-order valence-corrected chi connectivity index (χ1v) is 6.50. The van der Waals surface area contributed by atoms with Gasteiger partial charge in [-0.1, -0.05) is 0 Å². The van der Waals surface area contributed by atoms with Crippen molar-refractivity contribution in [1.29, 1.82) is 0 Å². The number of nitrogens with zero attached hydrogens (tertiary/aromatic N) is 1. The molecule has 4 nitrogen and oxygen atoms in total. The topological polar surface area (TPSA) is 47.7 Å². The van der Waals surface area contributed by atoms with E-state index in [1.165, 1.54) is 6.42 Å². The maximum absolute atomic E-state index is 5.92. The number of nitrogen functional groups attached to an aromatic ring is 1. The number of benzene rings is 1. The molecule has 1 heterocycles. The fraction of sp³-hybridized carbons (Fsp3) is 0.571. The normalized spacial score (nSPS) is 19.2. The Labute approximate surface area is 109 Å². The molecular weight excluding hydrogens is 228 g/mol. The molecule has 1 saturated heterocycles. The van der Waals surface area contributed by atoms with Gasteiger partial charge in [-0.3, -0.25) is 0 Å². The maximum Gasteiger partial charge on any atom is 0.123 e. The minimum atomic E-state index is 0.618. The van der Waals surface area contributed by atoms with Crippen LogP contribution in [0.4, 0.5) is 11.4 Å². The van der Waals surface area contributed by atoms with Crippen molar-refractivity contribution in [3.05, 3.63) is 18.2 Å². The molecule has 1 aromatic carbocycles. The molecule has 0 radical (unpaired) electrons. The summed E-state index contributed by atoms with van der Waals surface area (Å²) in [6, 6.07) is 5.95. The van der Waals surface area contributed by atoms with E-state index in [0.29, 0.717) is 12.5 Å². The number of methoxy groups -OCH3 is 1. The molecule has 0 bridgehead atoms. The van der Waals surface area contributed by atoms with E-state index in [0.717, 1.165) is 36.8 Å². The fourth-order valence-corrected chi connectivity index (χ4v) is 2.48. The van der Waals surface area contributed by atoms with Gasteiger partial charge in [0.2, 0.25) is 0 Å². The third kappa shape index (κ3) is 3.07. The molecule has 1 aliphatic heterocycles. The summed E-state index contributed by atoms with van der Waals surface area (Å²) in [6.07, 6.45) is 1.17. The van der Waals surface area contributed by atoms with E-state index in [2.05, 4.69) is 11.0 Å². The Morgan fingerprint density at radius 2 is 2.22 bits per heavy atom. The minimum absolute atomic E-state index is 0.618. The van der Waals surface area contributed by atoms with Crippen molar-refractivity contribution in [2.45, 2.75) is 13.3 Å². The van der Waals surface area contributed by atoms with Crippen molar-refractivity contribution in [2.75, 3.05) is 44.0 Å². The predicted molar refractivity (Wildman–Crippen MR) is 74.2 cm³/mol. The molecule has 0 spiro atoms. The monoisotopic (exact) mass is 250 g/mol. The Hall–Kier alpha value is -1.42. The lowest BCUT2D eigenvalue weighted by molar-refractivity contribution is 0.161. The Bertz CT molecular complexity index is 395. The van der Waals surface area contributed by atoms with Crippen LogP contribution in [0.2, 0.25) is 0 Å². The van der Waals surface area contributed by atoms with Crippen molar-refractivity contribution in [2.24, 2.45) is 5.92 Å². The molecule has 0 aromatic heterocycles. The highest BCUT2D eigenvalue weighted by molar-refractivity contribution is 5.61. The summed E-state index contributed by atoms with van der Waals surface area (Å²) < 4.78 is 10.7. The van der Waals surface area contributed by atoms with Crippen LogP contribution >= 0.6 is 0 Å². The first kappa shape index (κ1) is 13.0. The van der Waals surface area contributed by atoms with Crippen LogP contribution in [0.15, 0.2) is 18.2 Å². The van der Waals surface area contributed by atoms with Crippen LogP contribution in [0.1, 0.15) is 13.3 Å². The first-order valence-electron chi connectivity index (χ1n) is 6.50. The second-order valence-corrected chi connectivity index (χ2v) is 4.75. The number of hydrogen-bond donors (Lipinski definition) is 1. The number of rotatable bonds is 5.